The van der Waals surface area contributed by atoms with Gasteiger partial charge in [0, 0.05) is 11.8 Å². The molecule has 2 N–H and O–H groups in total. The standard InChI is InChI=1S/C11H13N.ClH/c1-2-4-11-9-5-8(6-12-7-9)10(11)3-1;/h1-4,8-9,12H,5-7H2;1H/t8-,9+;. The van der Waals surface area contributed by atoms with Gasteiger partial charge in [0.25, 0.3) is 0 Å². The number of quaternary nitrogens is 1. The maximum Gasteiger partial charge on any atom is 0.0825 e. The average molecular weight is 196 g/mol. The molecule has 1 aliphatic carbocycles. The lowest BCUT2D eigenvalue weighted by Gasteiger charge is -2.16. The zero-order valence-electron chi connectivity index (χ0n) is 7.54. The van der Waals surface area contributed by atoms with Crippen molar-refractivity contribution in [3.63, 3.8) is 0 Å². The first-order valence-corrected chi connectivity index (χ1v) is 4.85. The van der Waals surface area contributed by atoms with Gasteiger partial charge in [0.15, 0.2) is 0 Å². The Labute approximate surface area is 84.9 Å². The minimum atomic E-state index is 0. The van der Waals surface area contributed by atoms with Crippen molar-refractivity contribution in [2.75, 3.05) is 13.1 Å². The molecule has 1 heterocycles. The number of piperidine rings is 1. The van der Waals surface area contributed by atoms with Crippen LogP contribution in [0.15, 0.2) is 24.3 Å². The first-order valence-electron chi connectivity index (χ1n) is 4.85. The van der Waals surface area contributed by atoms with Crippen LogP contribution in [0.5, 0.6) is 0 Å². The predicted molar refractivity (Wildman–Crippen MR) is 48.2 cm³/mol. The van der Waals surface area contributed by atoms with Gasteiger partial charge in [0.05, 0.1) is 13.1 Å². The van der Waals surface area contributed by atoms with Gasteiger partial charge < -0.3 is 17.7 Å². The largest absolute Gasteiger partial charge is 1.00 e. The van der Waals surface area contributed by atoms with E-state index in [4.69, 9.17) is 0 Å². The second kappa shape index (κ2) is 3.32. The predicted octanol–water partition coefficient (Wildman–Crippen LogP) is -2.16. The summed E-state index contributed by atoms with van der Waals surface area (Å²) in [6.45, 7) is 2.63. The number of rotatable bonds is 0. The Morgan fingerprint density at radius 3 is 2.08 bits per heavy atom. The third kappa shape index (κ3) is 1.27. The van der Waals surface area contributed by atoms with Crippen molar-refractivity contribution in [3.8, 4) is 0 Å². The summed E-state index contributed by atoms with van der Waals surface area (Å²) in [5.74, 6) is 1.72. The highest BCUT2D eigenvalue weighted by Crippen LogP contribution is 2.41. The number of hydrogen-bond acceptors (Lipinski definition) is 0. The van der Waals surface area contributed by atoms with Crippen molar-refractivity contribution in [2.24, 2.45) is 0 Å². The Kier molecular flexibility index (Phi) is 2.31. The first-order chi connectivity index (χ1) is 5.95. The van der Waals surface area contributed by atoms with Crippen molar-refractivity contribution < 1.29 is 17.7 Å². The van der Waals surface area contributed by atoms with Crippen LogP contribution in [0.3, 0.4) is 0 Å². The number of benzene rings is 1. The van der Waals surface area contributed by atoms with Crippen molar-refractivity contribution in [2.45, 2.75) is 18.3 Å². The molecule has 0 saturated carbocycles. The molecule has 1 saturated heterocycles. The molecule has 1 aromatic rings. The molecule has 1 aliphatic heterocycles. The SMILES string of the molecule is [Cl-].c1ccc2c(c1)[C@@H]1C[NH2+]C[C@H]2C1. The fourth-order valence-electron chi connectivity index (χ4n) is 2.80. The molecule has 2 bridgehead atoms. The third-order valence-corrected chi connectivity index (χ3v) is 3.35. The topological polar surface area (TPSA) is 16.6 Å². The smallest absolute Gasteiger partial charge is 0.0825 e. The Balaban J connectivity index is 0.000000653. The highest BCUT2D eigenvalue weighted by molar-refractivity contribution is 5.39. The summed E-state index contributed by atoms with van der Waals surface area (Å²) in [6, 6.07) is 9.00. The van der Waals surface area contributed by atoms with Crippen molar-refractivity contribution in [1.82, 2.24) is 0 Å². The van der Waals surface area contributed by atoms with E-state index in [-0.39, 0.29) is 12.4 Å². The maximum absolute atomic E-state index is 2.47. The normalized spacial score (nSPS) is 29.2. The molecule has 1 fully saturated rings. The van der Waals surface area contributed by atoms with Crippen LogP contribution in [0.25, 0.3) is 0 Å². The van der Waals surface area contributed by atoms with Crippen molar-refractivity contribution in [1.29, 1.82) is 0 Å². The van der Waals surface area contributed by atoms with Gasteiger partial charge in [-0.3, -0.25) is 0 Å². The first kappa shape index (κ1) is 9.04. The average Bonchev–Trinajstić information content (AvgIpc) is 2.41. The van der Waals surface area contributed by atoms with Gasteiger partial charge in [0.2, 0.25) is 0 Å². The van der Waals surface area contributed by atoms with Crippen molar-refractivity contribution in [3.05, 3.63) is 35.4 Å². The van der Waals surface area contributed by atoms with Gasteiger partial charge in [-0.25, -0.2) is 0 Å². The lowest BCUT2D eigenvalue weighted by Crippen LogP contribution is -3.00. The molecule has 1 nitrogen and oxygen atoms in total. The third-order valence-electron chi connectivity index (χ3n) is 3.35. The second-order valence-corrected chi connectivity index (χ2v) is 4.02. The molecule has 70 valence electrons. The fourth-order valence-corrected chi connectivity index (χ4v) is 2.80. The van der Waals surface area contributed by atoms with E-state index in [9.17, 15) is 0 Å². The molecule has 2 aliphatic rings. The van der Waals surface area contributed by atoms with E-state index < -0.39 is 0 Å². The Morgan fingerprint density at radius 2 is 1.54 bits per heavy atom. The molecule has 0 radical (unpaired) electrons. The zero-order chi connectivity index (χ0) is 7.97. The van der Waals surface area contributed by atoms with Gasteiger partial charge in [-0.05, 0) is 17.5 Å². The summed E-state index contributed by atoms with van der Waals surface area (Å²) in [5.41, 5.74) is 3.27. The van der Waals surface area contributed by atoms with E-state index >= 15 is 0 Å². The van der Waals surface area contributed by atoms with Crippen LogP contribution in [0.1, 0.15) is 29.4 Å². The maximum atomic E-state index is 2.47. The summed E-state index contributed by atoms with van der Waals surface area (Å²) in [7, 11) is 0. The van der Waals surface area contributed by atoms with Gasteiger partial charge in [-0.2, -0.15) is 0 Å². The summed E-state index contributed by atoms with van der Waals surface area (Å²) in [4.78, 5) is 0. The molecule has 3 rings (SSSR count). The van der Waals surface area contributed by atoms with Gasteiger partial charge in [-0.15, -0.1) is 0 Å². The molecular weight excluding hydrogens is 182 g/mol. The van der Waals surface area contributed by atoms with Crippen LogP contribution in [-0.4, -0.2) is 13.1 Å². The highest BCUT2D eigenvalue weighted by atomic mass is 35.5. The molecule has 1 aromatic carbocycles. The lowest BCUT2D eigenvalue weighted by atomic mass is 9.98. The van der Waals surface area contributed by atoms with Crippen LogP contribution in [0.4, 0.5) is 0 Å². The number of nitrogens with two attached hydrogens (primary N) is 1. The zero-order valence-corrected chi connectivity index (χ0v) is 8.30. The number of halogens is 1. The van der Waals surface area contributed by atoms with Gasteiger partial charge in [0.1, 0.15) is 0 Å². The van der Waals surface area contributed by atoms with Crippen LogP contribution in [-0.2, 0) is 0 Å². The van der Waals surface area contributed by atoms with Crippen LogP contribution in [0.2, 0.25) is 0 Å². The van der Waals surface area contributed by atoms with E-state index in [1.54, 1.807) is 11.1 Å². The van der Waals surface area contributed by atoms with E-state index in [0.29, 0.717) is 0 Å². The summed E-state index contributed by atoms with van der Waals surface area (Å²) < 4.78 is 0. The van der Waals surface area contributed by atoms with Crippen LogP contribution >= 0.6 is 0 Å². The molecular formula is C11H14ClN. The minimum absolute atomic E-state index is 0. The van der Waals surface area contributed by atoms with E-state index in [1.807, 2.05) is 0 Å². The summed E-state index contributed by atoms with van der Waals surface area (Å²) in [6.07, 6.45) is 1.41. The van der Waals surface area contributed by atoms with E-state index in [0.717, 1.165) is 11.8 Å². The molecule has 2 atom stereocenters. The number of hydrogen-bond donors (Lipinski definition) is 1. The Morgan fingerprint density at radius 1 is 1.00 bits per heavy atom. The minimum Gasteiger partial charge on any atom is -1.00 e. The molecule has 0 spiro atoms. The highest BCUT2D eigenvalue weighted by Gasteiger charge is 2.35. The summed E-state index contributed by atoms with van der Waals surface area (Å²) in [5, 5.41) is 2.47. The molecule has 2 heteroatoms. The van der Waals surface area contributed by atoms with Crippen LogP contribution in [0, 0.1) is 0 Å². The van der Waals surface area contributed by atoms with Crippen molar-refractivity contribution >= 4 is 0 Å². The van der Waals surface area contributed by atoms with Gasteiger partial charge in [-0.1, -0.05) is 24.3 Å². The number of fused-ring (bicyclic) bond motifs is 5. The quantitative estimate of drug-likeness (QED) is 0.486. The van der Waals surface area contributed by atoms with Crippen LogP contribution < -0.4 is 17.7 Å². The fraction of sp³-hybridized carbons (Fsp3) is 0.455. The molecule has 0 unspecified atom stereocenters. The Hall–Kier alpha value is -0.530. The molecule has 13 heavy (non-hydrogen) atoms. The van der Waals surface area contributed by atoms with E-state index in [2.05, 4.69) is 29.6 Å². The monoisotopic (exact) mass is 195 g/mol. The lowest BCUT2D eigenvalue weighted by molar-refractivity contribution is -0.665. The second-order valence-electron chi connectivity index (χ2n) is 4.02. The molecule has 0 amide bonds. The van der Waals surface area contributed by atoms with Gasteiger partial charge >= 0.3 is 0 Å². The molecule has 0 aromatic heterocycles. The Bertz CT molecular complexity index is 282. The summed E-state index contributed by atoms with van der Waals surface area (Å²) >= 11 is 0. The van der Waals surface area contributed by atoms with E-state index in [1.165, 1.54) is 19.5 Å².